The first-order valence-electron chi connectivity index (χ1n) is 10.2. The molecule has 0 saturated heterocycles. The van der Waals surface area contributed by atoms with E-state index < -0.39 is 11.4 Å². The lowest BCUT2D eigenvalue weighted by Crippen LogP contribution is -2.42. The number of carbonyl (C=O) groups excluding carboxylic acids is 2. The number of benzene rings is 2. The molecule has 1 spiro atoms. The molecule has 31 heavy (non-hydrogen) atoms. The third kappa shape index (κ3) is 1.92. The zero-order chi connectivity index (χ0) is 21.7. The lowest BCUT2D eigenvalue weighted by Gasteiger charge is -2.36. The van der Waals surface area contributed by atoms with E-state index in [9.17, 15) is 14.9 Å². The number of aromatic nitrogens is 1. The Bertz CT molecular complexity index is 1440. The van der Waals surface area contributed by atoms with Crippen LogP contribution in [0.25, 0.3) is 10.8 Å². The maximum absolute atomic E-state index is 14.2. The molecule has 0 fully saturated rings. The summed E-state index contributed by atoms with van der Waals surface area (Å²) < 4.78 is 7.39. The van der Waals surface area contributed by atoms with Crippen molar-refractivity contribution in [3.05, 3.63) is 76.1 Å². The van der Waals surface area contributed by atoms with E-state index in [4.69, 9.17) is 4.74 Å². The number of carbonyl (C=O) groups is 2. The minimum atomic E-state index is -1.39. The maximum atomic E-state index is 14.2. The van der Waals surface area contributed by atoms with Crippen molar-refractivity contribution in [2.45, 2.75) is 31.7 Å². The predicted octanol–water partition coefficient (Wildman–Crippen LogP) is 3.99. The van der Waals surface area contributed by atoms with Gasteiger partial charge < -0.3 is 14.6 Å². The molecule has 0 unspecified atom stereocenters. The monoisotopic (exact) mass is 409 g/mol. The Morgan fingerprint density at radius 2 is 1.90 bits per heavy atom. The van der Waals surface area contributed by atoms with E-state index >= 15 is 0 Å². The van der Waals surface area contributed by atoms with Crippen LogP contribution in [0.15, 0.2) is 53.9 Å². The van der Waals surface area contributed by atoms with Gasteiger partial charge in [-0.1, -0.05) is 36.4 Å². The summed E-state index contributed by atoms with van der Waals surface area (Å²) in [6.45, 7) is 6.19. The molecule has 1 aliphatic carbocycles. The normalized spacial score (nSPS) is 21.2. The number of anilines is 1. The fraction of sp³-hybridized carbons (Fsp3) is 0.240. The van der Waals surface area contributed by atoms with E-state index in [-0.39, 0.29) is 17.9 Å². The smallest absolute Gasteiger partial charge is 0.338 e. The van der Waals surface area contributed by atoms with Gasteiger partial charge in [0.15, 0.2) is 5.78 Å². The topological polar surface area (TPSA) is 84.1 Å². The number of Topliss-reactive ketones (excluding diaryl/α,β-unsaturated/α-hetero) is 1. The largest absolute Gasteiger partial charge is 0.456 e. The highest BCUT2D eigenvalue weighted by Gasteiger charge is 2.61. The first-order valence-corrected chi connectivity index (χ1v) is 10.2. The summed E-state index contributed by atoms with van der Waals surface area (Å²) in [5.41, 5.74) is 1.37. The van der Waals surface area contributed by atoms with Crippen molar-refractivity contribution >= 4 is 28.3 Å². The summed E-state index contributed by atoms with van der Waals surface area (Å²) in [5, 5.41) is 15.2. The van der Waals surface area contributed by atoms with Crippen molar-refractivity contribution in [2.24, 2.45) is 0 Å². The second-order valence-corrected chi connectivity index (χ2v) is 9.26. The van der Waals surface area contributed by atoms with Gasteiger partial charge in [0.1, 0.15) is 23.9 Å². The van der Waals surface area contributed by atoms with E-state index in [1.165, 1.54) is 0 Å². The van der Waals surface area contributed by atoms with Gasteiger partial charge in [0.25, 0.3) is 0 Å². The Hall–Kier alpha value is -3.85. The molecule has 0 radical (unpaired) electrons. The average Bonchev–Trinajstić information content (AvgIpc) is 3.38. The van der Waals surface area contributed by atoms with E-state index in [1.54, 1.807) is 12.3 Å². The minimum absolute atomic E-state index is 0.0756. The Kier molecular flexibility index (Phi) is 3.15. The van der Waals surface area contributed by atoms with Crippen molar-refractivity contribution in [3.8, 4) is 6.07 Å². The van der Waals surface area contributed by atoms with Gasteiger partial charge >= 0.3 is 5.97 Å². The van der Waals surface area contributed by atoms with Gasteiger partial charge in [-0.25, -0.2) is 4.79 Å². The second-order valence-electron chi connectivity index (χ2n) is 9.26. The molecule has 3 heterocycles. The number of nitrogens with zero attached hydrogens (tertiary/aromatic N) is 2. The van der Waals surface area contributed by atoms with E-state index in [2.05, 4.69) is 11.4 Å². The van der Waals surface area contributed by atoms with Gasteiger partial charge in [-0.3, -0.25) is 4.79 Å². The molecule has 6 nitrogen and oxygen atoms in total. The molecule has 3 aliphatic rings. The fourth-order valence-corrected chi connectivity index (χ4v) is 5.44. The van der Waals surface area contributed by atoms with Crippen LogP contribution in [0.2, 0.25) is 0 Å². The number of cyclic esters (lactones) is 1. The molecule has 0 amide bonds. The van der Waals surface area contributed by atoms with Crippen molar-refractivity contribution in [3.63, 3.8) is 0 Å². The summed E-state index contributed by atoms with van der Waals surface area (Å²) in [7, 11) is 0. The maximum Gasteiger partial charge on any atom is 0.338 e. The molecule has 1 aromatic heterocycles. The molecular formula is C25H19N3O3. The third-order valence-electron chi connectivity index (χ3n) is 6.62. The van der Waals surface area contributed by atoms with Gasteiger partial charge in [0, 0.05) is 22.9 Å². The molecule has 1 atom stereocenters. The third-order valence-corrected chi connectivity index (χ3v) is 6.62. The Labute approximate surface area is 178 Å². The first kappa shape index (κ1) is 18.0. The molecule has 3 aromatic rings. The van der Waals surface area contributed by atoms with Crippen LogP contribution in [0, 0.1) is 11.3 Å². The van der Waals surface area contributed by atoms with Crippen LogP contribution in [0.1, 0.15) is 47.8 Å². The van der Waals surface area contributed by atoms with Gasteiger partial charge in [-0.15, -0.1) is 0 Å². The van der Waals surface area contributed by atoms with Crippen LogP contribution in [-0.4, -0.2) is 22.9 Å². The van der Waals surface area contributed by atoms with Crippen LogP contribution < -0.4 is 5.32 Å². The van der Waals surface area contributed by atoms with Gasteiger partial charge in [-0.05, 0) is 37.1 Å². The Morgan fingerprint density at radius 1 is 1.16 bits per heavy atom. The van der Waals surface area contributed by atoms with Gasteiger partial charge in [0.05, 0.1) is 16.8 Å². The summed E-state index contributed by atoms with van der Waals surface area (Å²) in [6.07, 6.45) is 1.78. The highest BCUT2D eigenvalue weighted by Crippen LogP contribution is 2.58. The zero-order valence-electron chi connectivity index (χ0n) is 17.4. The number of hydrogen-bond donors (Lipinski definition) is 1. The summed E-state index contributed by atoms with van der Waals surface area (Å²) in [4.78, 5) is 27.3. The molecule has 152 valence electrons. The predicted molar refractivity (Wildman–Crippen MR) is 115 cm³/mol. The lowest BCUT2D eigenvalue weighted by atomic mass is 9.66. The number of nitriles is 1. The second kappa shape index (κ2) is 5.44. The first-order chi connectivity index (χ1) is 14.8. The average molecular weight is 409 g/mol. The fourth-order valence-electron chi connectivity index (χ4n) is 5.44. The number of rotatable bonds is 0. The van der Waals surface area contributed by atoms with Gasteiger partial charge in [0.2, 0.25) is 0 Å². The molecule has 6 rings (SSSR count). The molecule has 2 aromatic carbocycles. The van der Waals surface area contributed by atoms with E-state index in [0.29, 0.717) is 33.8 Å². The highest BCUT2D eigenvalue weighted by molar-refractivity contribution is 6.27. The van der Waals surface area contributed by atoms with Crippen LogP contribution in [-0.2, 0) is 20.5 Å². The Balaban J connectivity index is 1.84. The molecule has 6 heteroatoms. The van der Waals surface area contributed by atoms with Crippen LogP contribution >= 0.6 is 0 Å². The quantitative estimate of drug-likeness (QED) is 0.568. The Morgan fingerprint density at radius 3 is 2.61 bits per heavy atom. The van der Waals surface area contributed by atoms with Crippen LogP contribution in [0.5, 0.6) is 0 Å². The highest BCUT2D eigenvalue weighted by atomic mass is 16.5. The zero-order valence-corrected chi connectivity index (χ0v) is 17.4. The molecule has 0 bridgehead atoms. The van der Waals surface area contributed by atoms with Crippen LogP contribution in [0.4, 0.5) is 5.82 Å². The number of nitrogens with one attached hydrogen (secondary N) is 1. The standard InChI is InChI=1S/C25H19N3O3/c1-24(2,3)28-11-14(10-26)19-22(28)27-17-12-31-23(30)20(17)25(19)16-9-5-7-13-6-4-8-15(18(13)16)21(25)29/h4-9,11,27H,12H2,1-3H3/t25-/m1/s1. The summed E-state index contributed by atoms with van der Waals surface area (Å²) >= 11 is 0. The molecular weight excluding hydrogens is 390 g/mol. The number of hydrogen-bond acceptors (Lipinski definition) is 5. The van der Waals surface area contributed by atoms with Crippen LogP contribution in [0.3, 0.4) is 0 Å². The van der Waals surface area contributed by atoms with E-state index in [0.717, 1.165) is 16.3 Å². The van der Waals surface area contributed by atoms with Crippen molar-refractivity contribution in [2.75, 3.05) is 11.9 Å². The number of ether oxygens (including phenoxy) is 1. The molecule has 2 aliphatic heterocycles. The number of ketones is 1. The number of esters is 1. The lowest BCUT2D eigenvalue weighted by molar-refractivity contribution is -0.136. The van der Waals surface area contributed by atoms with Crippen molar-refractivity contribution in [1.29, 1.82) is 5.26 Å². The minimum Gasteiger partial charge on any atom is -0.456 e. The number of fused-ring (bicyclic) bond motifs is 4. The van der Waals surface area contributed by atoms with Gasteiger partial charge in [-0.2, -0.15) is 5.26 Å². The van der Waals surface area contributed by atoms with Crippen molar-refractivity contribution in [1.82, 2.24) is 4.57 Å². The van der Waals surface area contributed by atoms with E-state index in [1.807, 2.05) is 55.7 Å². The SMILES string of the molecule is CC(C)(C)n1cc(C#N)c2c1NC1=C(C(=O)OC1)[C@]21C(=O)c2cccc3cccc1c23. The van der Waals surface area contributed by atoms with Crippen molar-refractivity contribution < 1.29 is 14.3 Å². The molecule has 1 N–H and O–H groups in total. The summed E-state index contributed by atoms with van der Waals surface area (Å²) in [5.74, 6) is -0.0328. The molecule has 0 saturated carbocycles. The summed E-state index contributed by atoms with van der Waals surface area (Å²) in [6, 6.07) is 13.7.